The lowest BCUT2D eigenvalue weighted by Gasteiger charge is -2.45. The van der Waals surface area contributed by atoms with E-state index in [0.717, 1.165) is 0 Å². The third kappa shape index (κ3) is 6.37. The topological polar surface area (TPSA) is 280 Å². The number of hydrogen-bond donors (Lipinski definition) is 12. The van der Waals surface area contributed by atoms with Gasteiger partial charge in [-0.25, -0.2) is 0 Å². The Balaban J connectivity index is 0.000000310. The maximum atomic E-state index is 9.94. The number of rotatable bonds is 4. The van der Waals surface area contributed by atoms with Crippen molar-refractivity contribution in [2.45, 2.75) is 99.0 Å². The van der Waals surface area contributed by atoms with Crippen LogP contribution >= 0.6 is 0 Å². The van der Waals surface area contributed by atoms with Gasteiger partial charge >= 0.3 is 0 Å². The molecule has 0 aliphatic carbocycles. The van der Waals surface area contributed by atoms with Gasteiger partial charge in [0.05, 0.1) is 19.3 Å². The van der Waals surface area contributed by atoms with E-state index in [1.807, 2.05) is 0 Å². The Morgan fingerprint density at radius 3 is 1.59 bits per heavy atom. The van der Waals surface area contributed by atoms with E-state index in [9.17, 15) is 35.7 Å². The molecule has 3 saturated heterocycles. The molecule has 3 aliphatic rings. The average Bonchev–Trinajstić information content (AvgIpc) is 2.82. The van der Waals surface area contributed by atoms with Gasteiger partial charge in [-0.15, -0.1) is 0 Å². The fourth-order valence-corrected chi connectivity index (χ4v) is 3.60. The number of aliphatic hydroxyl groups excluding tert-OH is 12. The van der Waals surface area contributed by atoms with E-state index in [2.05, 4.69) is 4.74 Å². The second-order valence-electron chi connectivity index (χ2n) is 8.23. The van der Waals surface area contributed by atoms with Crippen LogP contribution in [-0.4, -0.2) is 167 Å². The van der Waals surface area contributed by atoms with Crippen LogP contribution in [0.2, 0.25) is 0 Å². The van der Waals surface area contributed by atoms with Crippen molar-refractivity contribution < 1.29 is 80.2 Å². The zero-order valence-corrected chi connectivity index (χ0v) is 18.1. The largest absolute Gasteiger partial charge is 0.394 e. The van der Waals surface area contributed by atoms with Gasteiger partial charge in [-0.1, -0.05) is 0 Å². The van der Waals surface area contributed by atoms with Gasteiger partial charge in [0, 0.05) is 0 Å². The normalized spacial score (nSPS) is 52.0. The van der Waals surface area contributed by atoms with Crippen LogP contribution in [0.3, 0.4) is 0 Å². The molecular formula is C18H34O16. The molecule has 15 atom stereocenters. The average molecular weight is 506 g/mol. The van der Waals surface area contributed by atoms with E-state index in [1.165, 1.54) is 6.92 Å². The molecule has 3 unspecified atom stereocenters. The van der Waals surface area contributed by atoms with E-state index in [1.54, 1.807) is 0 Å². The van der Waals surface area contributed by atoms with E-state index in [0.29, 0.717) is 0 Å². The lowest BCUT2D eigenvalue weighted by Crippen LogP contribution is -2.64. The van der Waals surface area contributed by atoms with Gasteiger partial charge in [0.25, 0.3) is 0 Å². The minimum Gasteiger partial charge on any atom is -0.394 e. The summed E-state index contributed by atoms with van der Waals surface area (Å²) in [4.78, 5) is 0. The molecule has 0 aromatic heterocycles. The van der Waals surface area contributed by atoms with Crippen molar-refractivity contribution in [3.8, 4) is 0 Å². The quantitative estimate of drug-likeness (QED) is 0.169. The molecule has 16 heteroatoms. The molecule has 0 spiro atoms. The second kappa shape index (κ2) is 12.5. The standard InChI is InChI=1S/C12H22O11.C6H12O5/c13-1-3-5(15)6(16)9(19)12(22-3)23-10-4(2-14)21-11(20)8(18)7(10)17;1-2-3(7)4(8)5(9)6(10)11-2/h3-20H,1-2H2;2-10H,1H3/t3-,4-,5+,6+,7-,8?,9-,10-,11?,12+;2-,3+,4+,5-,6?/m10/s1. The van der Waals surface area contributed by atoms with Crippen molar-refractivity contribution in [2.75, 3.05) is 13.2 Å². The van der Waals surface area contributed by atoms with Crippen LogP contribution in [0.5, 0.6) is 0 Å². The summed E-state index contributed by atoms with van der Waals surface area (Å²) in [6, 6.07) is 0. The first-order valence-electron chi connectivity index (χ1n) is 10.5. The third-order valence-corrected chi connectivity index (χ3v) is 5.81. The van der Waals surface area contributed by atoms with Gasteiger partial charge < -0.3 is 80.2 Å². The fourth-order valence-electron chi connectivity index (χ4n) is 3.60. The minimum atomic E-state index is -1.74. The maximum Gasteiger partial charge on any atom is 0.187 e. The number of aliphatic hydroxyl groups is 12. The van der Waals surface area contributed by atoms with Crippen LogP contribution in [0.1, 0.15) is 6.92 Å². The van der Waals surface area contributed by atoms with E-state index in [-0.39, 0.29) is 0 Å². The number of hydrogen-bond acceptors (Lipinski definition) is 16. The van der Waals surface area contributed by atoms with Crippen LogP contribution in [0.4, 0.5) is 0 Å². The molecule has 202 valence electrons. The SMILES string of the molecule is C[C@@H]1OC(O)[C@@H](O)[C@H](O)[C@@H]1O.OC[C@H]1O[C@@H](O[C@H]2[C@H](O)C(O)C(O)O[C@@H]2CO)[C@H](O)[C@@H](O)[C@H]1O. The van der Waals surface area contributed by atoms with Crippen molar-refractivity contribution in [3.63, 3.8) is 0 Å². The molecular weight excluding hydrogens is 472 g/mol. The van der Waals surface area contributed by atoms with Gasteiger partial charge in [-0.3, -0.25) is 0 Å². The Labute approximate surface area is 193 Å². The van der Waals surface area contributed by atoms with Crippen LogP contribution in [0.25, 0.3) is 0 Å². The lowest BCUT2D eigenvalue weighted by molar-refractivity contribution is -0.355. The van der Waals surface area contributed by atoms with Crippen molar-refractivity contribution in [3.05, 3.63) is 0 Å². The molecule has 12 N–H and O–H groups in total. The molecule has 0 radical (unpaired) electrons. The fraction of sp³-hybridized carbons (Fsp3) is 1.00. The summed E-state index contributed by atoms with van der Waals surface area (Å²) in [6.07, 6.45) is -21.6. The van der Waals surface area contributed by atoms with Crippen LogP contribution in [0.15, 0.2) is 0 Å². The maximum absolute atomic E-state index is 9.94. The summed E-state index contributed by atoms with van der Waals surface area (Å²) < 4.78 is 19.9. The molecule has 3 rings (SSSR count). The highest BCUT2D eigenvalue weighted by atomic mass is 16.7. The molecule has 3 aliphatic heterocycles. The van der Waals surface area contributed by atoms with Gasteiger partial charge in [0.15, 0.2) is 18.9 Å². The first-order valence-corrected chi connectivity index (χ1v) is 10.5. The van der Waals surface area contributed by atoms with E-state index >= 15 is 0 Å². The van der Waals surface area contributed by atoms with Crippen molar-refractivity contribution in [1.29, 1.82) is 0 Å². The second-order valence-corrected chi connectivity index (χ2v) is 8.23. The number of ether oxygens (including phenoxy) is 4. The Bertz CT molecular complexity index is 595. The highest BCUT2D eigenvalue weighted by molar-refractivity contribution is 4.93. The monoisotopic (exact) mass is 506 g/mol. The Morgan fingerprint density at radius 1 is 0.529 bits per heavy atom. The predicted octanol–water partition coefficient (Wildman–Crippen LogP) is -7.59. The van der Waals surface area contributed by atoms with Crippen molar-refractivity contribution in [2.24, 2.45) is 0 Å². The van der Waals surface area contributed by atoms with Crippen LogP contribution < -0.4 is 0 Å². The third-order valence-electron chi connectivity index (χ3n) is 5.81. The van der Waals surface area contributed by atoms with Gasteiger partial charge in [0.1, 0.15) is 67.1 Å². The summed E-state index contributed by atoms with van der Waals surface area (Å²) in [7, 11) is 0. The zero-order valence-electron chi connectivity index (χ0n) is 18.1. The Morgan fingerprint density at radius 2 is 1.03 bits per heavy atom. The molecule has 0 aromatic rings. The van der Waals surface area contributed by atoms with Gasteiger partial charge in [-0.05, 0) is 6.92 Å². The molecule has 0 amide bonds. The van der Waals surface area contributed by atoms with Crippen molar-refractivity contribution >= 4 is 0 Å². The van der Waals surface area contributed by atoms with Crippen LogP contribution in [-0.2, 0) is 18.9 Å². The lowest BCUT2D eigenvalue weighted by atomic mass is 9.97. The summed E-state index contributed by atoms with van der Waals surface area (Å²) in [6.45, 7) is 0.158. The zero-order chi connectivity index (χ0) is 25.9. The molecule has 3 fully saturated rings. The molecule has 0 saturated carbocycles. The van der Waals surface area contributed by atoms with Crippen molar-refractivity contribution in [1.82, 2.24) is 0 Å². The first-order chi connectivity index (χ1) is 15.8. The van der Waals surface area contributed by atoms with Crippen LogP contribution in [0, 0.1) is 0 Å². The van der Waals surface area contributed by atoms with Gasteiger partial charge in [-0.2, -0.15) is 0 Å². The summed E-state index contributed by atoms with van der Waals surface area (Å²) in [5.74, 6) is 0. The highest BCUT2D eigenvalue weighted by Crippen LogP contribution is 2.28. The molecule has 3 heterocycles. The van der Waals surface area contributed by atoms with Gasteiger partial charge in [0.2, 0.25) is 0 Å². The molecule has 0 aromatic carbocycles. The van der Waals surface area contributed by atoms with E-state index in [4.69, 9.17) is 39.7 Å². The highest BCUT2D eigenvalue weighted by Gasteiger charge is 2.50. The summed E-state index contributed by atoms with van der Waals surface area (Å²) in [5.41, 5.74) is 0. The van der Waals surface area contributed by atoms with E-state index < -0.39 is 105 Å². The Hall–Kier alpha value is -0.640. The predicted molar refractivity (Wildman–Crippen MR) is 103 cm³/mol. The minimum absolute atomic E-state index is 0.664. The Kier molecular flexibility index (Phi) is 10.9. The summed E-state index contributed by atoms with van der Waals surface area (Å²) >= 11 is 0. The summed E-state index contributed by atoms with van der Waals surface area (Å²) in [5, 5.41) is 112. The molecule has 0 bridgehead atoms. The molecule has 16 nitrogen and oxygen atoms in total. The first kappa shape index (κ1) is 29.6. The smallest absolute Gasteiger partial charge is 0.187 e. The molecule has 34 heavy (non-hydrogen) atoms.